The van der Waals surface area contributed by atoms with Crippen LogP contribution in [-0.4, -0.2) is 47.8 Å². The van der Waals surface area contributed by atoms with E-state index in [-0.39, 0.29) is 25.7 Å². The number of nitrogens with two attached hydrogens (primary N) is 1. The third-order valence-electron chi connectivity index (χ3n) is 9.36. The van der Waals surface area contributed by atoms with E-state index in [1.54, 1.807) is 6.08 Å². The minimum absolute atomic E-state index is 0.0809. The van der Waals surface area contributed by atoms with E-state index >= 15 is 0 Å². The van der Waals surface area contributed by atoms with E-state index in [0.29, 0.717) is 6.42 Å². The normalized spacial score (nSPS) is 14.3. The number of amides is 1. The molecule has 0 fully saturated rings. The fourth-order valence-electron chi connectivity index (χ4n) is 6.19. The van der Waals surface area contributed by atoms with Crippen LogP contribution in [0.1, 0.15) is 206 Å². The number of aliphatic hydroxyl groups excluding tert-OH is 1. The number of unbranched alkanes of at least 4 members (excludes halogenated alkanes) is 27. The Morgan fingerprint density at radius 1 is 0.653 bits per heavy atom. The predicted molar refractivity (Wildman–Crippen MR) is 208 cm³/mol. The first-order chi connectivity index (χ1) is 23.9. The van der Waals surface area contributed by atoms with Crippen molar-refractivity contribution in [3.63, 3.8) is 0 Å². The van der Waals surface area contributed by atoms with Crippen molar-refractivity contribution in [2.75, 3.05) is 19.8 Å². The third kappa shape index (κ3) is 35.4. The largest absolute Gasteiger partial charge is 0.472 e. The smallest absolute Gasteiger partial charge is 0.387 e. The Kier molecular flexibility index (Phi) is 36.4. The van der Waals surface area contributed by atoms with Gasteiger partial charge in [-0.1, -0.05) is 193 Å². The van der Waals surface area contributed by atoms with Crippen molar-refractivity contribution < 1.29 is 28.4 Å². The van der Waals surface area contributed by atoms with Gasteiger partial charge in [0.15, 0.2) is 0 Å². The van der Waals surface area contributed by atoms with Crippen LogP contribution in [0.5, 0.6) is 0 Å². The summed E-state index contributed by atoms with van der Waals surface area (Å²) >= 11 is 0. The fourth-order valence-corrected chi connectivity index (χ4v) is 6.95. The van der Waals surface area contributed by atoms with Gasteiger partial charge >= 0.3 is 7.82 Å². The Balaban J connectivity index is 4.04. The lowest BCUT2D eigenvalue weighted by Crippen LogP contribution is -2.45. The van der Waals surface area contributed by atoms with Crippen LogP contribution < -0.4 is 11.1 Å². The van der Waals surface area contributed by atoms with Crippen LogP contribution in [0.25, 0.3) is 0 Å². The first-order valence-electron chi connectivity index (χ1n) is 20.8. The molecule has 3 atom stereocenters. The Labute approximate surface area is 303 Å². The molecule has 0 heterocycles. The molecule has 9 heteroatoms. The fraction of sp³-hybridized carbons (Fsp3) is 0.925. The van der Waals surface area contributed by atoms with Gasteiger partial charge in [0.25, 0.3) is 0 Å². The zero-order valence-electron chi connectivity index (χ0n) is 32.2. The molecule has 292 valence electrons. The maximum atomic E-state index is 12.7. The maximum Gasteiger partial charge on any atom is 0.472 e. The van der Waals surface area contributed by atoms with Gasteiger partial charge in [0.1, 0.15) is 0 Å². The van der Waals surface area contributed by atoms with Gasteiger partial charge in [-0.2, -0.15) is 0 Å². The quantitative estimate of drug-likeness (QED) is 0.0283. The number of hydrogen-bond acceptors (Lipinski definition) is 6. The van der Waals surface area contributed by atoms with E-state index in [1.165, 1.54) is 148 Å². The maximum absolute atomic E-state index is 12.7. The van der Waals surface area contributed by atoms with Crippen molar-refractivity contribution in [2.24, 2.45) is 5.73 Å². The first kappa shape index (κ1) is 48.2. The van der Waals surface area contributed by atoms with Crippen molar-refractivity contribution in [1.82, 2.24) is 5.32 Å². The molecule has 0 rings (SSSR count). The number of nitrogens with one attached hydrogen (secondary N) is 1. The number of phosphoric acid groups is 1. The SMILES string of the molecule is CCCCCCCCC/C=C/C(O)C(COP(=O)(O)OCCN)NC(=O)CCCCCCCCCCCCCCCCCCCCCCC. The molecule has 0 aliphatic carbocycles. The molecule has 0 aromatic rings. The van der Waals surface area contributed by atoms with Crippen LogP contribution >= 0.6 is 7.82 Å². The van der Waals surface area contributed by atoms with Crippen molar-refractivity contribution in [2.45, 2.75) is 219 Å². The van der Waals surface area contributed by atoms with Crippen LogP contribution in [0.15, 0.2) is 12.2 Å². The average molecular weight is 717 g/mol. The molecule has 8 nitrogen and oxygen atoms in total. The number of phosphoric ester groups is 1. The number of rotatable bonds is 39. The van der Waals surface area contributed by atoms with Gasteiger partial charge in [0.05, 0.1) is 25.4 Å². The van der Waals surface area contributed by atoms with Gasteiger partial charge in [-0.15, -0.1) is 0 Å². The summed E-state index contributed by atoms with van der Waals surface area (Å²) in [7, 11) is -4.32. The molecule has 0 saturated carbocycles. The third-order valence-corrected chi connectivity index (χ3v) is 10.3. The van der Waals surface area contributed by atoms with Gasteiger partial charge in [0.2, 0.25) is 5.91 Å². The molecule has 0 aliphatic rings. The summed E-state index contributed by atoms with van der Waals surface area (Å²) in [5, 5.41) is 13.6. The zero-order valence-corrected chi connectivity index (χ0v) is 33.1. The zero-order chi connectivity index (χ0) is 36.1. The van der Waals surface area contributed by atoms with E-state index in [1.807, 2.05) is 6.08 Å². The molecule has 0 aromatic heterocycles. The summed E-state index contributed by atoms with van der Waals surface area (Å²) in [6, 6.07) is -0.852. The number of aliphatic hydroxyl groups is 1. The van der Waals surface area contributed by atoms with Crippen molar-refractivity contribution in [3.05, 3.63) is 12.2 Å². The first-order valence-corrected chi connectivity index (χ1v) is 22.3. The Morgan fingerprint density at radius 2 is 1.04 bits per heavy atom. The highest BCUT2D eigenvalue weighted by Gasteiger charge is 2.26. The molecule has 3 unspecified atom stereocenters. The summed E-state index contributed by atoms with van der Waals surface area (Å²) in [6.07, 6.45) is 39.9. The molecule has 0 radical (unpaired) electrons. The van der Waals surface area contributed by atoms with Gasteiger partial charge in [-0.3, -0.25) is 13.8 Å². The minimum Gasteiger partial charge on any atom is -0.387 e. The van der Waals surface area contributed by atoms with Crippen molar-refractivity contribution in [1.29, 1.82) is 0 Å². The lowest BCUT2D eigenvalue weighted by molar-refractivity contribution is -0.123. The predicted octanol–water partition coefficient (Wildman–Crippen LogP) is 11.2. The standard InChI is InChI=1S/C40H81N2O6P/c1-3-5-7-9-11-13-14-15-16-17-18-19-20-21-22-23-24-26-28-30-32-34-40(44)42-38(37-48-49(45,46)47-36-35-41)39(43)33-31-29-27-25-12-10-8-6-4-2/h31,33,38-39,43H,3-30,32,34-37,41H2,1-2H3,(H,42,44)(H,45,46)/b33-31+. The van der Waals surface area contributed by atoms with E-state index in [9.17, 15) is 19.4 Å². The Bertz CT molecular complexity index is 784. The van der Waals surface area contributed by atoms with E-state index in [2.05, 4.69) is 19.2 Å². The summed E-state index contributed by atoms with van der Waals surface area (Å²) < 4.78 is 22.0. The van der Waals surface area contributed by atoms with E-state index < -0.39 is 20.0 Å². The summed E-state index contributed by atoms with van der Waals surface area (Å²) in [6.45, 7) is 4.12. The number of carbonyl (C=O) groups is 1. The molecule has 0 spiro atoms. The molecular weight excluding hydrogens is 635 g/mol. The molecule has 49 heavy (non-hydrogen) atoms. The molecular formula is C40H81N2O6P. The number of carbonyl (C=O) groups excluding carboxylic acids is 1. The van der Waals surface area contributed by atoms with E-state index in [0.717, 1.165) is 38.5 Å². The highest BCUT2D eigenvalue weighted by atomic mass is 31.2. The molecule has 5 N–H and O–H groups in total. The molecule has 0 aliphatic heterocycles. The second-order valence-electron chi connectivity index (χ2n) is 14.2. The van der Waals surface area contributed by atoms with Gasteiger partial charge in [0, 0.05) is 13.0 Å². The highest BCUT2D eigenvalue weighted by Crippen LogP contribution is 2.43. The van der Waals surface area contributed by atoms with Gasteiger partial charge in [-0.25, -0.2) is 4.57 Å². The Morgan fingerprint density at radius 3 is 1.45 bits per heavy atom. The second kappa shape index (κ2) is 37.0. The van der Waals surface area contributed by atoms with Crippen LogP contribution in [-0.2, 0) is 18.4 Å². The number of hydrogen-bond donors (Lipinski definition) is 4. The van der Waals surface area contributed by atoms with Crippen LogP contribution in [0.3, 0.4) is 0 Å². The summed E-state index contributed by atoms with van der Waals surface area (Å²) in [4.78, 5) is 22.6. The van der Waals surface area contributed by atoms with Crippen molar-refractivity contribution in [3.8, 4) is 0 Å². The molecule has 0 aromatic carbocycles. The summed E-state index contributed by atoms with van der Waals surface area (Å²) in [5.41, 5.74) is 5.35. The number of allylic oxidation sites excluding steroid dienone is 1. The van der Waals surface area contributed by atoms with Gasteiger partial charge in [-0.05, 0) is 19.3 Å². The Hall–Kier alpha value is -0.760. The van der Waals surface area contributed by atoms with E-state index in [4.69, 9.17) is 14.8 Å². The molecule has 1 amide bonds. The van der Waals surface area contributed by atoms with Crippen LogP contribution in [0.4, 0.5) is 0 Å². The van der Waals surface area contributed by atoms with Crippen LogP contribution in [0, 0.1) is 0 Å². The molecule has 0 saturated heterocycles. The lowest BCUT2D eigenvalue weighted by Gasteiger charge is -2.23. The average Bonchev–Trinajstić information content (AvgIpc) is 3.09. The summed E-state index contributed by atoms with van der Waals surface area (Å²) in [5.74, 6) is -0.193. The van der Waals surface area contributed by atoms with Crippen molar-refractivity contribution >= 4 is 13.7 Å². The lowest BCUT2D eigenvalue weighted by atomic mass is 10.0. The van der Waals surface area contributed by atoms with Crippen LogP contribution in [0.2, 0.25) is 0 Å². The monoisotopic (exact) mass is 717 g/mol. The van der Waals surface area contributed by atoms with Gasteiger partial charge < -0.3 is 21.1 Å². The minimum atomic E-state index is -4.32. The highest BCUT2D eigenvalue weighted by molar-refractivity contribution is 7.47. The molecule has 0 bridgehead atoms. The topological polar surface area (TPSA) is 131 Å². The second-order valence-corrected chi connectivity index (χ2v) is 15.7.